The van der Waals surface area contributed by atoms with E-state index in [9.17, 15) is 18.0 Å². The molecule has 1 saturated carbocycles. The van der Waals surface area contributed by atoms with Crippen LogP contribution in [-0.2, 0) is 9.59 Å². The van der Waals surface area contributed by atoms with Crippen LogP contribution in [0.25, 0.3) is 0 Å². The first kappa shape index (κ1) is 22.9. The van der Waals surface area contributed by atoms with Gasteiger partial charge >= 0.3 is 6.18 Å². The number of nitrogens with one attached hydrogen (secondary N) is 1. The van der Waals surface area contributed by atoms with Gasteiger partial charge in [0.25, 0.3) is 0 Å². The van der Waals surface area contributed by atoms with Crippen molar-refractivity contribution in [2.45, 2.75) is 47.7 Å². The Morgan fingerprint density at radius 3 is 1.96 bits per heavy atom. The molecule has 2 fully saturated rings. The third-order valence-electron chi connectivity index (χ3n) is 4.08. The third-order valence-corrected chi connectivity index (χ3v) is 4.08. The molecule has 1 heterocycles. The summed E-state index contributed by atoms with van der Waals surface area (Å²) in [5.41, 5.74) is 0.316. The number of hydrogen-bond donors (Lipinski definition) is 1. The molecule has 1 amide bonds. The number of carbonyl (C=O) groups excluding carboxylic acids is 2. The molecule has 2 rings (SSSR count). The molecule has 1 aliphatic carbocycles. The molecule has 0 spiro atoms. The summed E-state index contributed by atoms with van der Waals surface area (Å²) in [7, 11) is 0. The molecule has 2 atom stereocenters. The Hall–Kier alpha value is -1.11. The molecule has 0 bridgehead atoms. The van der Waals surface area contributed by atoms with Crippen LogP contribution in [0.2, 0.25) is 0 Å². The number of rotatable bonds is 3. The van der Waals surface area contributed by atoms with Crippen LogP contribution in [0.15, 0.2) is 0 Å². The van der Waals surface area contributed by atoms with Gasteiger partial charge in [0.2, 0.25) is 5.91 Å². The van der Waals surface area contributed by atoms with Crippen molar-refractivity contribution in [2.24, 2.45) is 23.2 Å². The molecule has 2 unspecified atom stereocenters. The largest absolute Gasteiger partial charge is 0.401 e. The molecule has 0 aromatic carbocycles. The van der Waals surface area contributed by atoms with Gasteiger partial charge in [-0.1, -0.05) is 34.6 Å². The Labute approximate surface area is 143 Å². The second-order valence-electron chi connectivity index (χ2n) is 7.52. The Balaban J connectivity index is 0.000000648. The first-order chi connectivity index (χ1) is 10.9. The monoisotopic (exact) mass is 352 g/mol. The Morgan fingerprint density at radius 2 is 1.62 bits per heavy atom. The van der Waals surface area contributed by atoms with E-state index in [-0.39, 0.29) is 12.5 Å². The molecule has 24 heavy (non-hydrogen) atoms. The highest BCUT2D eigenvalue weighted by atomic mass is 19.4. The summed E-state index contributed by atoms with van der Waals surface area (Å²) in [6.07, 6.45) is -3.50. The van der Waals surface area contributed by atoms with Crippen LogP contribution in [0.3, 0.4) is 0 Å². The summed E-state index contributed by atoms with van der Waals surface area (Å²) in [6, 6.07) is 0. The molecule has 1 saturated heterocycles. The third kappa shape index (κ3) is 8.13. The lowest BCUT2D eigenvalue weighted by Gasteiger charge is -2.22. The SMILES string of the molecule is CC(C)C.CC1(C)C2CN(C(=O)CNCC(F)(F)F)CC21.CC=O. The number of aldehydes is 1. The quantitative estimate of drug-likeness (QED) is 0.794. The highest BCUT2D eigenvalue weighted by molar-refractivity contribution is 5.78. The summed E-state index contributed by atoms with van der Waals surface area (Å²) in [4.78, 5) is 22.1. The summed E-state index contributed by atoms with van der Waals surface area (Å²) in [5, 5.41) is 2.14. The van der Waals surface area contributed by atoms with Gasteiger partial charge in [-0.05, 0) is 30.1 Å². The van der Waals surface area contributed by atoms with Crippen LogP contribution < -0.4 is 5.32 Å². The van der Waals surface area contributed by atoms with Crippen molar-refractivity contribution in [3.63, 3.8) is 0 Å². The molecular weight excluding hydrogens is 321 g/mol. The number of nitrogens with zero attached hydrogens (tertiary/aromatic N) is 1. The predicted molar refractivity (Wildman–Crippen MR) is 88.5 cm³/mol. The van der Waals surface area contributed by atoms with Gasteiger partial charge in [-0.25, -0.2) is 0 Å². The highest BCUT2D eigenvalue weighted by Crippen LogP contribution is 2.61. The number of halogens is 3. The van der Waals surface area contributed by atoms with Gasteiger partial charge in [0.1, 0.15) is 6.29 Å². The average molecular weight is 352 g/mol. The fraction of sp³-hybridized carbons (Fsp3) is 0.882. The zero-order chi connectivity index (χ0) is 19.1. The first-order valence-corrected chi connectivity index (χ1v) is 8.31. The van der Waals surface area contributed by atoms with Crippen molar-refractivity contribution >= 4 is 12.2 Å². The molecule has 7 heteroatoms. The minimum atomic E-state index is -4.25. The minimum absolute atomic E-state index is 0.223. The van der Waals surface area contributed by atoms with Crippen molar-refractivity contribution in [1.82, 2.24) is 10.2 Å². The average Bonchev–Trinajstić information content (AvgIpc) is 2.76. The molecule has 2 aliphatic rings. The molecule has 1 N–H and O–H groups in total. The van der Waals surface area contributed by atoms with E-state index in [1.807, 2.05) is 0 Å². The van der Waals surface area contributed by atoms with Crippen molar-refractivity contribution in [3.8, 4) is 0 Å². The molecule has 142 valence electrons. The maximum Gasteiger partial charge on any atom is 0.401 e. The lowest BCUT2D eigenvalue weighted by atomic mass is 10.1. The van der Waals surface area contributed by atoms with Crippen molar-refractivity contribution in [1.29, 1.82) is 0 Å². The topological polar surface area (TPSA) is 49.4 Å². The van der Waals surface area contributed by atoms with E-state index >= 15 is 0 Å². The molecule has 4 nitrogen and oxygen atoms in total. The van der Waals surface area contributed by atoms with Crippen LogP contribution >= 0.6 is 0 Å². The van der Waals surface area contributed by atoms with E-state index in [1.165, 1.54) is 6.92 Å². The summed E-state index contributed by atoms with van der Waals surface area (Å²) >= 11 is 0. The normalized spacial score (nSPS) is 23.5. The lowest BCUT2D eigenvalue weighted by molar-refractivity contribution is -0.134. The number of alkyl halides is 3. The Bertz CT molecular complexity index is 392. The van der Waals surface area contributed by atoms with Gasteiger partial charge in [0.15, 0.2) is 0 Å². The summed E-state index contributed by atoms with van der Waals surface area (Å²) in [5.74, 6) is 1.68. The number of fused-ring (bicyclic) bond motifs is 1. The fourth-order valence-electron chi connectivity index (χ4n) is 2.76. The summed E-state index contributed by atoms with van der Waals surface area (Å²) < 4.78 is 35.6. The van der Waals surface area contributed by atoms with E-state index in [0.717, 1.165) is 12.2 Å². The second kappa shape index (κ2) is 9.39. The molecular formula is C17H31F3N2O2. The van der Waals surface area contributed by atoms with E-state index in [2.05, 4.69) is 39.9 Å². The molecule has 0 aromatic heterocycles. The van der Waals surface area contributed by atoms with E-state index in [1.54, 1.807) is 4.90 Å². The zero-order valence-electron chi connectivity index (χ0n) is 15.5. The van der Waals surface area contributed by atoms with Gasteiger partial charge in [-0.3, -0.25) is 4.79 Å². The van der Waals surface area contributed by atoms with Crippen LogP contribution in [-0.4, -0.2) is 49.4 Å². The van der Waals surface area contributed by atoms with Gasteiger partial charge in [0, 0.05) is 13.1 Å². The Morgan fingerprint density at radius 1 is 1.25 bits per heavy atom. The molecule has 0 aromatic rings. The second-order valence-corrected chi connectivity index (χ2v) is 7.52. The number of likely N-dealkylation sites (tertiary alicyclic amines) is 1. The molecule has 1 aliphatic heterocycles. The molecule has 0 radical (unpaired) electrons. The van der Waals surface area contributed by atoms with Crippen molar-refractivity contribution in [2.75, 3.05) is 26.2 Å². The lowest BCUT2D eigenvalue weighted by Crippen LogP contribution is -2.41. The zero-order valence-corrected chi connectivity index (χ0v) is 15.5. The number of hydrogen-bond acceptors (Lipinski definition) is 3. The van der Waals surface area contributed by atoms with E-state index < -0.39 is 12.7 Å². The number of piperidine rings is 1. The van der Waals surface area contributed by atoms with Gasteiger partial charge in [-0.2, -0.15) is 13.2 Å². The first-order valence-electron chi connectivity index (χ1n) is 8.31. The number of carbonyl (C=O) groups is 2. The van der Waals surface area contributed by atoms with Crippen molar-refractivity contribution < 1.29 is 22.8 Å². The smallest absolute Gasteiger partial charge is 0.341 e. The van der Waals surface area contributed by atoms with E-state index in [0.29, 0.717) is 30.3 Å². The fourth-order valence-corrected chi connectivity index (χ4v) is 2.76. The van der Waals surface area contributed by atoms with Crippen LogP contribution in [0.4, 0.5) is 13.2 Å². The Kier molecular flexibility index (Phi) is 8.96. The van der Waals surface area contributed by atoms with E-state index in [4.69, 9.17) is 4.79 Å². The van der Waals surface area contributed by atoms with Crippen LogP contribution in [0, 0.1) is 23.2 Å². The maximum absolute atomic E-state index is 11.9. The predicted octanol–water partition coefficient (Wildman–Crippen LogP) is 3.12. The summed E-state index contributed by atoms with van der Waals surface area (Å²) in [6.45, 7) is 12.4. The highest BCUT2D eigenvalue weighted by Gasteiger charge is 2.62. The van der Waals surface area contributed by atoms with Crippen LogP contribution in [0.1, 0.15) is 41.5 Å². The van der Waals surface area contributed by atoms with Gasteiger partial charge in [-0.15, -0.1) is 0 Å². The van der Waals surface area contributed by atoms with Gasteiger partial charge < -0.3 is 15.0 Å². The van der Waals surface area contributed by atoms with Crippen LogP contribution in [0.5, 0.6) is 0 Å². The van der Waals surface area contributed by atoms with Crippen molar-refractivity contribution in [3.05, 3.63) is 0 Å². The minimum Gasteiger partial charge on any atom is -0.341 e. The van der Waals surface area contributed by atoms with Gasteiger partial charge in [0.05, 0.1) is 13.1 Å². The standard InChI is InChI=1S/C11H17F3N2O.C4H10.C2H4O/c1-10(2)7-4-16(5-8(7)10)9(17)3-15-6-11(12,13)14;1-4(2)3;1-2-3/h7-8,15H,3-6H2,1-2H3;4H,1-3H3;2H,1H3. The maximum atomic E-state index is 11.9. The number of amides is 1.